The van der Waals surface area contributed by atoms with Crippen molar-refractivity contribution in [2.45, 2.75) is 31.3 Å². The van der Waals surface area contributed by atoms with E-state index in [9.17, 15) is 22.8 Å². The highest BCUT2D eigenvalue weighted by Gasteiger charge is 2.35. The molecule has 11 heteroatoms. The molecule has 158 valence electrons. The molecular weight excluding hydrogens is 459 g/mol. The molecule has 0 aromatic heterocycles. The number of benzene rings is 1. The van der Waals surface area contributed by atoms with Gasteiger partial charge in [-0.3, -0.25) is 19.3 Å². The van der Waals surface area contributed by atoms with Crippen molar-refractivity contribution < 1.29 is 22.8 Å². The van der Waals surface area contributed by atoms with Crippen LogP contribution in [-0.2, 0) is 19.4 Å². The maximum absolute atomic E-state index is 12.5. The van der Waals surface area contributed by atoms with Crippen LogP contribution in [0.3, 0.4) is 0 Å². The summed E-state index contributed by atoms with van der Waals surface area (Å²) in [5.41, 5.74) is 0.544. The minimum atomic E-state index is -3.59. The number of hydrogen-bond donors (Lipinski definition) is 1. The molecule has 1 aliphatic heterocycles. The smallest absolute Gasteiger partial charge is 0.293 e. The number of halogens is 2. The molecule has 0 aliphatic carbocycles. The van der Waals surface area contributed by atoms with Gasteiger partial charge in [0.15, 0.2) is 9.84 Å². The Labute approximate surface area is 183 Å². The number of amides is 3. The van der Waals surface area contributed by atoms with Crippen LogP contribution in [0.25, 0.3) is 6.08 Å². The first-order chi connectivity index (χ1) is 13.4. The Morgan fingerprint density at radius 1 is 1.24 bits per heavy atom. The Balaban J connectivity index is 2.00. The number of nitrogens with one attached hydrogen (secondary N) is 1. The zero-order chi connectivity index (χ0) is 21.9. The molecule has 1 heterocycles. The minimum Gasteiger partial charge on any atom is -0.353 e. The van der Waals surface area contributed by atoms with Crippen LogP contribution in [0.2, 0.25) is 10.0 Å². The summed E-state index contributed by atoms with van der Waals surface area (Å²) in [5.74, 6) is -1.18. The summed E-state index contributed by atoms with van der Waals surface area (Å²) >= 11 is 12.7. The van der Waals surface area contributed by atoms with Gasteiger partial charge in [0.2, 0.25) is 5.91 Å². The van der Waals surface area contributed by atoms with E-state index in [-0.39, 0.29) is 18.0 Å². The predicted molar refractivity (Wildman–Crippen MR) is 116 cm³/mol. The van der Waals surface area contributed by atoms with Crippen LogP contribution in [-0.4, -0.2) is 54.0 Å². The summed E-state index contributed by atoms with van der Waals surface area (Å²) in [7, 11) is -3.59. The van der Waals surface area contributed by atoms with E-state index in [1.807, 2.05) is 0 Å². The van der Waals surface area contributed by atoms with E-state index in [4.69, 9.17) is 23.2 Å². The first kappa shape index (κ1) is 23.7. The zero-order valence-electron chi connectivity index (χ0n) is 15.9. The molecule has 1 N–H and O–H groups in total. The van der Waals surface area contributed by atoms with Crippen molar-refractivity contribution in [3.63, 3.8) is 0 Å². The monoisotopic (exact) mass is 478 g/mol. The first-order valence-corrected chi connectivity index (χ1v) is 11.8. The molecule has 1 atom stereocenters. The fourth-order valence-corrected chi connectivity index (χ4v) is 4.96. The predicted octanol–water partition coefficient (Wildman–Crippen LogP) is 3.36. The van der Waals surface area contributed by atoms with E-state index in [1.54, 1.807) is 12.1 Å². The van der Waals surface area contributed by atoms with Gasteiger partial charge in [-0.1, -0.05) is 29.3 Å². The molecule has 1 aromatic carbocycles. The molecular formula is C18H20Cl2N2O5S2. The number of carbonyl (C=O) groups excluding carboxylic acids is 3. The minimum absolute atomic E-state index is 0.0518. The largest absolute Gasteiger partial charge is 0.353 e. The number of thioether (sulfide) groups is 1. The maximum Gasteiger partial charge on any atom is 0.293 e. The van der Waals surface area contributed by atoms with Crippen molar-refractivity contribution in [1.29, 1.82) is 0 Å². The van der Waals surface area contributed by atoms with Gasteiger partial charge in [-0.05, 0) is 56.3 Å². The fourth-order valence-electron chi connectivity index (χ4n) is 2.44. The lowest BCUT2D eigenvalue weighted by Gasteiger charge is -2.17. The molecule has 1 aromatic rings. The number of rotatable bonds is 7. The van der Waals surface area contributed by atoms with Gasteiger partial charge in [-0.15, -0.1) is 0 Å². The molecule has 1 aliphatic rings. The van der Waals surface area contributed by atoms with Crippen molar-refractivity contribution in [2.75, 3.05) is 13.1 Å². The summed E-state index contributed by atoms with van der Waals surface area (Å²) in [6.07, 6.45) is 1.50. The second kappa shape index (κ2) is 9.51. The van der Waals surface area contributed by atoms with Crippen LogP contribution < -0.4 is 5.32 Å². The molecule has 7 nitrogen and oxygen atoms in total. The molecule has 29 heavy (non-hydrogen) atoms. The van der Waals surface area contributed by atoms with Gasteiger partial charge in [0.05, 0.1) is 10.2 Å². The number of sulfone groups is 1. The fraction of sp³-hybridized carbons (Fsp3) is 0.389. The van der Waals surface area contributed by atoms with Gasteiger partial charge in [0.1, 0.15) is 5.25 Å². The van der Waals surface area contributed by atoms with Crippen LogP contribution in [0.1, 0.15) is 26.3 Å². The van der Waals surface area contributed by atoms with Gasteiger partial charge in [-0.25, -0.2) is 8.42 Å². The van der Waals surface area contributed by atoms with E-state index >= 15 is 0 Å². The highest BCUT2D eigenvalue weighted by Crippen LogP contribution is 2.33. The average molecular weight is 479 g/mol. The number of imide groups is 1. The van der Waals surface area contributed by atoms with Crippen LogP contribution in [0.15, 0.2) is 23.1 Å². The van der Waals surface area contributed by atoms with Gasteiger partial charge in [0, 0.05) is 23.1 Å². The Morgan fingerprint density at radius 2 is 1.90 bits per heavy atom. The Morgan fingerprint density at radius 3 is 2.48 bits per heavy atom. The van der Waals surface area contributed by atoms with Gasteiger partial charge >= 0.3 is 0 Å². The number of nitrogens with zero attached hydrogens (tertiary/aromatic N) is 1. The lowest BCUT2D eigenvalue weighted by atomic mass is 10.2. The average Bonchev–Trinajstić information content (AvgIpc) is 2.90. The van der Waals surface area contributed by atoms with Crippen molar-refractivity contribution in [1.82, 2.24) is 10.2 Å². The summed E-state index contributed by atoms with van der Waals surface area (Å²) in [6.45, 7) is 4.18. The van der Waals surface area contributed by atoms with E-state index < -0.39 is 37.4 Å². The van der Waals surface area contributed by atoms with Gasteiger partial charge in [0.25, 0.3) is 11.1 Å². The van der Waals surface area contributed by atoms with Gasteiger partial charge in [-0.2, -0.15) is 0 Å². The Hall–Kier alpha value is -1.55. The van der Waals surface area contributed by atoms with Crippen molar-refractivity contribution >= 4 is 67.9 Å². The molecule has 3 amide bonds. The van der Waals surface area contributed by atoms with E-state index in [0.717, 1.165) is 16.7 Å². The van der Waals surface area contributed by atoms with E-state index in [1.165, 1.54) is 32.9 Å². The third-order valence-corrected chi connectivity index (χ3v) is 8.26. The molecule has 0 spiro atoms. The highest BCUT2D eigenvalue weighted by molar-refractivity contribution is 8.18. The third-order valence-electron chi connectivity index (χ3n) is 4.28. The lowest BCUT2D eigenvalue weighted by molar-refractivity contribution is -0.124. The molecule has 2 rings (SSSR count). The van der Waals surface area contributed by atoms with Crippen LogP contribution in [0.4, 0.5) is 4.79 Å². The Bertz CT molecular complexity index is 976. The van der Waals surface area contributed by atoms with Crippen molar-refractivity contribution in [2.24, 2.45) is 0 Å². The van der Waals surface area contributed by atoms with Crippen molar-refractivity contribution in [3.8, 4) is 0 Å². The standard InChI is InChI=1S/C18H20Cl2N2O5S2/c1-10(2)29(26,27)11(3)16(23)21-6-7-22-17(24)15(28-18(22)25)8-12-4-5-13(19)9-14(12)20/h4-5,8-11H,6-7H2,1-3H3,(H,21,23)/b15-8-. The zero-order valence-corrected chi connectivity index (χ0v) is 19.1. The number of carbonyl (C=O) groups is 3. The molecule has 0 saturated carbocycles. The molecule has 0 bridgehead atoms. The summed E-state index contributed by atoms with van der Waals surface area (Å²) in [4.78, 5) is 37.9. The molecule has 1 saturated heterocycles. The van der Waals surface area contributed by atoms with Crippen LogP contribution in [0, 0.1) is 0 Å². The normalized spacial score (nSPS) is 17.3. The maximum atomic E-state index is 12.5. The summed E-state index contributed by atoms with van der Waals surface area (Å²) in [5, 5.41) is 0.868. The molecule has 1 unspecified atom stereocenters. The SMILES string of the molecule is CC(C)S(=O)(=O)C(C)C(=O)NCCN1C(=O)S/C(=C\c2ccc(Cl)cc2Cl)C1=O. The summed E-state index contributed by atoms with van der Waals surface area (Å²) in [6, 6.07) is 4.78. The van der Waals surface area contributed by atoms with Crippen LogP contribution >= 0.6 is 35.0 Å². The quantitative estimate of drug-likeness (QED) is 0.602. The lowest BCUT2D eigenvalue weighted by Crippen LogP contribution is -2.44. The van der Waals surface area contributed by atoms with E-state index in [2.05, 4.69) is 5.32 Å². The molecule has 0 radical (unpaired) electrons. The topological polar surface area (TPSA) is 101 Å². The second-order valence-electron chi connectivity index (χ2n) is 6.57. The van der Waals surface area contributed by atoms with Gasteiger partial charge < -0.3 is 5.32 Å². The van der Waals surface area contributed by atoms with E-state index in [0.29, 0.717) is 15.6 Å². The Kier molecular flexibility index (Phi) is 7.78. The van der Waals surface area contributed by atoms with Crippen molar-refractivity contribution in [3.05, 3.63) is 38.7 Å². The first-order valence-electron chi connectivity index (χ1n) is 8.66. The second-order valence-corrected chi connectivity index (χ2v) is 11.2. The summed E-state index contributed by atoms with van der Waals surface area (Å²) < 4.78 is 24.1. The molecule has 1 fully saturated rings. The highest BCUT2D eigenvalue weighted by atomic mass is 35.5. The third kappa shape index (κ3) is 5.53. The number of hydrogen-bond acceptors (Lipinski definition) is 6. The van der Waals surface area contributed by atoms with Crippen LogP contribution in [0.5, 0.6) is 0 Å².